The summed E-state index contributed by atoms with van der Waals surface area (Å²) in [6.45, 7) is 2.27. The predicted octanol–water partition coefficient (Wildman–Crippen LogP) is 6.11. The summed E-state index contributed by atoms with van der Waals surface area (Å²) in [5, 5.41) is 0. The molecule has 0 amide bonds. The molecule has 1 aliphatic carbocycles. The molecule has 0 nitrogen and oxygen atoms in total. The third-order valence-corrected chi connectivity index (χ3v) is 6.14. The second kappa shape index (κ2) is 7.21. The predicted molar refractivity (Wildman–Crippen MR) is 86.3 cm³/mol. The van der Waals surface area contributed by atoms with Gasteiger partial charge in [-0.3, -0.25) is 0 Å². The summed E-state index contributed by atoms with van der Waals surface area (Å²) in [7, 11) is 0. The fourth-order valence-corrected chi connectivity index (χ4v) is 4.36. The average Bonchev–Trinajstić information content (AvgIpc) is 2.37. The van der Waals surface area contributed by atoms with Crippen LogP contribution in [0.3, 0.4) is 0 Å². The van der Waals surface area contributed by atoms with Crippen molar-refractivity contribution >= 4 is 31.9 Å². The molecule has 1 aromatic rings. The molecule has 0 aromatic heterocycles. The molecule has 1 aromatic carbocycles. The molecule has 3 unspecified atom stereocenters. The maximum Gasteiger partial charge on any atom is 0.124 e. The SMILES string of the molecule is CCCC1CCC(Br)C(Cc2ccc(F)cc2Br)C1. The van der Waals surface area contributed by atoms with E-state index in [1.54, 1.807) is 12.1 Å². The molecule has 106 valence electrons. The highest BCUT2D eigenvalue weighted by Crippen LogP contribution is 2.38. The van der Waals surface area contributed by atoms with Crippen LogP contribution in [0.5, 0.6) is 0 Å². The standard InChI is InChI=1S/C16H21Br2F/c1-2-3-11-4-7-15(17)13(8-11)9-12-5-6-14(19)10-16(12)18/h5-6,10-11,13,15H,2-4,7-9H2,1H3. The van der Waals surface area contributed by atoms with Crippen LogP contribution in [0.15, 0.2) is 22.7 Å². The highest BCUT2D eigenvalue weighted by atomic mass is 79.9. The van der Waals surface area contributed by atoms with E-state index in [1.165, 1.54) is 37.7 Å². The van der Waals surface area contributed by atoms with E-state index < -0.39 is 0 Å². The largest absolute Gasteiger partial charge is 0.207 e. The van der Waals surface area contributed by atoms with Gasteiger partial charge in [0.1, 0.15) is 5.82 Å². The Bertz CT molecular complexity index is 419. The van der Waals surface area contributed by atoms with Gasteiger partial charge < -0.3 is 0 Å². The number of hydrogen-bond donors (Lipinski definition) is 0. The van der Waals surface area contributed by atoms with Crippen molar-refractivity contribution in [3.8, 4) is 0 Å². The van der Waals surface area contributed by atoms with Crippen molar-refractivity contribution < 1.29 is 4.39 Å². The fourth-order valence-electron chi connectivity index (χ4n) is 3.18. The Balaban J connectivity index is 2.03. The molecule has 3 heteroatoms. The first-order valence-electron chi connectivity index (χ1n) is 7.18. The number of benzene rings is 1. The quantitative estimate of drug-likeness (QED) is 0.543. The molecule has 0 saturated heterocycles. The van der Waals surface area contributed by atoms with Crippen molar-refractivity contribution in [2.45, 2.75) is 50.3 Å². The van der Waals surface area contributed by atoms with E-state index in [-0.39, 0.29) is 5.82 Å². The van der Waals surface area contributed by atoms with E-state index in [9.17, 15) is 4.39 Å². The Morgan fingerprint density at radius 2 is 2.11 bits per heavy atom. The smallest absolute Gasteiger partial charge is 0.124 e. The van der Waals surface area contributed by atoms with Crippen molar-refractivity contribution in [1.82, 2.24) is 0 Å². The van der Waals surface area contributed by atoms with Crippen LogP contribution < -0.4 is 0 Å². The third-order valence-electron chi connectivity index (χ3n) is 4.19. The molecule has 1 aliphatic rings. The lowest BCUT2D eigenvalue weighted by atomic mass is 9.77. The van der Waals surface area contributed by atoms with Crippen LogP contribution in [0.1, 0.15) is 44.6 Å². The number of alkyl halides is 1. The molecule has 0 heterocycles. The van der Waals surface area contributed by atoms with Crippen LogP contribution in [0.2, 0.25) is 0 Å². The van der Waals surface area contributed by atoms with Gasteiger partial charge in [0.2, 0.25) is 0 Å². The zero-order chi connectivity index (χ0) is 13.8. The van der Waals surface area contributed by atoms with Gasteiger partial charge in [0, 0.05) is 9.30 Å². The Morgan fingerprint density at radius 3 is 2.79 bits per heavy atom. The molecule has 0 radical (unpaired) electrons. The summed E-state index contributed by atoms with van der Waals surface area (Å²) in [6, 6.07) is 5.06. The lowest BCUT2D eigenvalue weighted by molar-refractivity contribution is 0.263. The van der Waals surface area contributed by atoms with E-state index in [0.717, 1.165) is 16.8 Å². The first-order chi connectivity index (χ1) is 9.10. The van der Waals surface area contributed by atoms with Crippen LogP contribution >= 0.6 is 31.9 Å². The summed E-state index contributed by atoms with van der Waals surface area (Å²) in [5.41, 5.74) is 1.23. The van der Waals surface area contributed by atoms with Gasteiger partial charge in [-0.05, 0) is 55.2 Å². The molecule has 0 spiro atoms. The van der Waals surface area contributed by atoms with Crippen LogP contribution in [0.4, 0.5) is 4.39 Å². The Labute approximate surface area is 132 Å². The van der Waals surface area contributed by atoms with E-state index in [4.69, 9.17) is 0 Å². The van der Waals surface area contributed by atoms with Crippen molar-refractivity contribution in [3.63, 3.8) is 0 Å². The van der Waals surface area contributed by atoms with E-state index in [0.29, 0.717) is 10.7 Å². The number of halogens is 3. The van der Waals surface area contributed by atoms with Gasteiger partial charge in [-0.25, -0.2) is 4.39 Å². The second-order valence-corrected chi connectivity index (χ2v) is 7.71. The molecule has 1 fully saturated rings. The minimum Gasteiger partial charge on any atom is -0.207 e. The van der Waals surface area contributed by atoms with E-state index >= 15 is 0 Å². The third kappa shape index (κ3) is 4.29. The van der Waals surface area contributed by atoms with Gasteiger partial charge in [0.15, 0.2) is 0 Å². The molecule has 19 heavy (non-hydrogen) atoms. The summed E-state index contributed by atoms with van der Waals surface area (Å²) >= 11 is 7.32. The lowest BCUT2D eigenvalue weighted by Gasteiger charge is -2.33. The minimum absolute atomic E-state index is 0.168. The monoisotopic (exact) mass is 390 g/mol. The molecular weight excluding hydrogens is 371 g/mol. The summed E-state index contributed by atoms with van der Waals surface area (Å²) in [6.07, 6.45) is 7.59. The van der Waals surface area contributed by atoms with Gasteiger partial charge in [-0.2, -0.15) is 0 Å². The highest BCUT2D eigenvalue weighted by Gasteiger charge is 2.28. The number of hydrogen-bond acceptors (Lipinski definition) is 0. The maximum atomic E-state index is 13.1. The topological polar surface area (TPSA) is 0 Å². The normalized spacial score (nSPS) is 27.5. The van der Waals surface area contributed by atoms with E-state index in [1.807, 2.05) is 6.07 Å². The van der Waals surface area contributed by atoms with Gasteiger partial charge >= 0.3 is 0 Å². The van der Waals surface area contributed by atoms with Crippen molar-refractivity contribution in [2.75, 3.05) is 0 Å². The maximum absolute atomic E-state index is 13.1. The molecule has 1 saturated carbocycles. The first kappa shape index (κ1) is 15.5. The molecule has 0 bridgehead atoms. The van der Waals surface area contributed by atoms with Crippen LogP contribution in [0, 0.1) is 17.7 Å². The van der Waals surface area contributed by atoms with Gasteiger partial charge in [0.25, 0.3) is 0 Å². The van der Waals surface area contributed by atoms with Crippen LogP contribution in [-0.4, -0.2) is 4.83 Å². The molecule has 0 aliphatic heterocycles. The Hall–Kier alpha value is 0.110. The molecule has 3 atom stereocenters. The highest BCUT2D eigenvalue weighted by molar-refractivity contribution is 9.10. The fraction of sp³-hybridized carbons (Fsp3) is 0.625. The zero-order valence-electron chi connectivity index (χ0n) is 11.3. The summed E-state index contributed by atoms with van der Waals surface area (Å²) in [4.78, 5) is 0.609. The molecular formula is C16H21Br2F. The van der Waals surface area contributed by atoms with Gasteiger partial charge in [0.05, 0.1) is 0 Å². The lowest BCUT2D eigenvalue weighted by Crippen LogP contribution is -2.27. The zero-order valence-corrected chi connectivity index (χ0v) is 14.5. The van der Waals surface area contributed by atoms with Crippen molar-refractivity contribution in [2.24, 2.45) is 11.8 Å². The van der Waals surface area contributed by atoms with Gasteiger partial charge in [-0.1, -0.05) is 57.7 Å². The summed E-state index contributed by atoms with van der Waals surface area (Å²) in [5.74, 6) is 1.38. The second-order valence-electron chi connectivity index (χ2n) is 5.68. The van der Waals surface area contributed by atoms with Crippen molar-refractivity contribution in [3.05, 3.63) is 34.1 Å². The van der Waals surface area contributed by atoms with Crippen molar-refractivity contribution in [1.29, 1.82) is 0 Å². The van der Waals surface area contributed by atoms with Crippen LogP contribution in [0.25, 0.3) is 0 Å². The Kier molecular flexibility index (Phi) is 5.88. The molecule has 0 N–H and O–H groups in total. The van der Waals surface area contributed by atoms with E-state index in [2.05, 4.69) is 38.8 Å². The van der Waals surface area contributed by atoms with Crippen LogP contribution in [-0.2, 0) is 6.42 Å². The first-order valence-corrected chi connectivity index (χ1v) is 8.89. The summed E-state index contributed by atoms with van der Waals surface area (Å²) < 4.78 is 14.0. The average molecular weight is 392 g/mol. The Morgan fingerprint density at radius 1 is 1.32 bits per heavy atom. The number of rotatable bonds is 4. The molecule has 2 rings (SSSR count). The van der Waals surface area contributed by atoms with Gasteiger partial charge in [-0.15, -0.1) is 0 Å². The minimum atomic E-state index is -0.168.